The van der Waals surface area contributed by atoms with Crippen LogP contribution in [0.5, 0.6) is 0 Å². The Bertz CT molecular complexity index is 782. The number of rotatable bonds is 7. The average Bonchev–Trinajstić information content (AvgIpc) is 3.22. The van der Waals surface area contributed by atoms with E-state index in [1.54, 1.807) is 13.8 Å². The van der Waals surface area contributed by atoms with Crippen LogP contribution in [-0.2, 0) is 11.3 Å². The summed E-state index contributed by atoms with van der Waals surface area (Å²) in [6.45, 7) is 5.78. The molecule has 134 valence electrons. The van der Waals surface area contributed by atoms with E-state index >= 15 is 0 Å². The summed E-state index contributed by atoms with van der Waals surface area (Å²) in [5.74, 6) is 0.857. The van der Waals surface area contributed by atoms with Crippen LogP contribution in [0.3, 0.4) is 0 Å². The van der Waals surface area contributed by atoms with Crippen molar-refractivity contribution in [2.24, 2.45) is 0 Å². The lowest BCUT2D eigenvalue weighted by Crippen LogP contribution is -2.32. The Morgan fingerprint density at radius 3 is 2.72 bits per heavy atom. The zero-order valence-corrected chi connectivity index (χ0v) is 14.5. The smallest absolute Gasteiger partial charge is 0.330 e. The van der Waals surface area contributed by atoms with Crippen molar-refractivity contribution in [3.05, 3.63) is 17.4 Å². The molecule has 0 spiro atoms. The Kier molecular flexibility index (Phi) is 4.77. The monoisotopic (exact) mass is 347 g/mol. The van der Waals surface area contributed by atoms with Crippen molar-refractivity contribution in [3.8, 4) is 0 Å². The van der Waals surface area contributed by atoms with Crippen LogP contribution in [0.4, 0.5) is 10.6 Å². The van der Waals surface area contributed by atoms with Gasteiger partial charge in [-0.3, -0.25) is 4.79 Å². The first kappa shape index (κ1) is 17.1. The number of carbonyl (C=O) groups excluding carboxylic acids is 2. The minimum atomic E-state index is -0.497. The highest BCUT2D eigenvalue weighted by atomic mass is 16.5. The Morgan fingerprint density at radius 1 is 1.24 bits per heavy atom. The minimum Gasteiger partial charge on any atom is -0.340 e. The normalized spacial score (nSPS) is 17.4. The van der Waals surface area contributed by atoms with Crippen LogP contribution in [0.2, 0.25) is 0 Å². The summed E-state index contributed by atoms with van der Waals surface area (Å²) in [7, 11) is 0. The Morgan fingerprint density at radius 2 is 2.04 bits per heavy atom. The number of aryl methyl sites for hydroxylation is 1. The molecule has 1 aliphatic heterocycles. The van der Waals surface area contributed by atoms with Gasteiger partial charge < -0.3 is 9.84 Å². The van der Waals surface area contributed by atoms with Crippen LogP contribution in [0.15, 0.2) is 4.52 Å². The quantitative estimate of drug-likeness (QED) is 0.592. The van der Waals surface area contributed by atoms with Crippen molar-refractivity contribution in [2.45, 2.75) is 59.0 Å². The van der Waals surface area contributed by atoms with Crippen molar-refractivity contribution in [1.82, 2.24) is 30.5 Å². The Hall–Kier alpha value is -2.78. The molecular formula is C15H21N7O3. The fraction of sp³-hybridized carbons (Fsp3) is 0.600. The summed E-state index contributed by atoms with van der Waals surface area (Å²) in [6.07, 6.45) is 3.61. The number of carbonyl (C=O) groups is 2. The van der Waals surface area contributed by atoms with Gasteiger partial charge in [-0.2, -0.15) is 4.98 Å². The number of amides is 3. The number of anilines is 1. The van der Waals surface area contributed by atoms with Crippen LogP contribution in [-0.4, -0.2) is 43.1 Å². The molecule has 0 radical (unpaired) electrons. The van der Waals surface area contributed by atoms with Gasteiger partial charge >= 0.3 is 6.03 Å². The highest BCUT2D eigenvalue weighted by Crippen LogP contribution is 2.23. The molecule has 3 amide bonds. The maximum absolute atomic E-state index is 12.6. The molecular weight excluding hydrogens is 326 g/mol. The topological polar surface area (TPSA) is 119 Å². The average molecular weight is 347 g/mol. The van der Waals surface area contributed by atoms with E-state index in [1.807, 2.05) is 0 Å². The van der Waals surface area contributed by atoms with Crippen LogP contribution in [0.1, 0.15) is 50.0 Å². The summed E-state index contributed by atoms with van der Waals surface area (Å²) < 4.78 is 6.46. The fourth-order valence-electron chi connectivity index (χ4n) is 2.77. The summed E-state index contributed by atoms with van der Waals surface area (Å²) in [6, 6.07) is -0.958. The van der Waals surface area contributed by atoms with Gasteiger partial charge in [-0.25, -0.2) is 14.4 Å². The second kappa shape index (κ2) is 6.99. The summed E-state index contributed by atoms with van der Waals surface area (Å²) >= 11 is 0. The van der Waals surface area contributed by atoms with Crippen LogP contribution in [0, 0.1) is 13.8 Å². The molecule has 0 bridgehead atoms. The molecule has 0 saturated carbocycles. The number of urea groups is 1. The molecule has 1 fully saturated rings. The number of nitrogens with zero attached hydrogens (tertiary/aromatic N) is 6. The summed E-state index contributed by atoms with van der Waals surface area (Å²) in [5, 5.41) is 14.5. The maximum atomic E-state index is 12.6. The van der Waals surface area contributed by atoms with Gasteiger partial charge in [0.2, 0.25) is 5.89 Å². The van der Waals surface area contributed by atoms with E-state index in [1.165, 1.54) is 4.68 Å². The molecule has 1 N–H and O–H groups in total. The SMILES string of the molecule is CCCCCC1NC(=O)N(c2nnn(Cc3noc(C)n3)c2C)C1=O. The van der Waals surface area contributed by atoms with Gasteiger partial charge in [0, 0.05) is 6.92 Å². The minimum absolute atomic E-state index is 0.237. The molecule has 10 heteroatoms. The standard InChI is InChI=1S/C15H21N7O3/c1-4-5-6-7-11-14(23)22(15(24)17-11)13-9(2)21(20-18-13)8-12-16-10(3)25-19-12/h11H,4-8H2,1-3H3,(H,17,24). The summed E-state index contributed by atoms with van der Waals surface area (Å²) in [4.78, 5) is 30.0. The van der Waals surface area contributed by atoms with Crippen molar-refractivity contribution >= 4 is 17.8 Å². The maximum Gasteiger partial charge on any atom is 0.330 e. The molecule has 1 atom stereocenters. The highest BCUT2D eigenvalue weighted by Gasteiger charge is 2.41. The molecule has 0 aromatic carbocycles. The van der Waals surface area contributed by atoms with E-state index in [4.69, 9.17) is 4.52 Å². The molecule has 0 aliphatic carbocycles. The molecule has 1 aliphatic rings. The third kappa shape index (κ3) is 3.37. The zero-order chi connectivity index (χ0) is 18.0. The molecule has 1 saturated heterocycles. The first-order valence-electron chi connectivity index (χ1n) is 8.35. The molecule has 2 aromatic rings. The van der Waals surface area contributed by atoms with Gasteiger partial charge in [-0.1, -0.05) is 36.6 Å². The number of nitrogens with one attached hydrogen (secondary N) is 1. The number of hydrogen-bond donors (Lipinski definition) is 1. The van der Waals surface area contributed by atoms with Crippen LogP contribution in [0.25, 0.3) is 0 Å². The van der Waals surface area contributed by atoms with E-state index in [2.05, 4.69) is 32.7 Å². The predicted octanol–water partition coefficient (Wildman–Crippen LogP) is 1.33. The van der Waals surface area contributed by atoms with Gasteiger partial charge in [0.1, 0.15) is 12.6 Å². The Balaban J connectivity index is 1.75. The van der Waals surface area contributed by atoms with Crippen molar-refractivity contribution in [1.29, 1.82) is 0 Å². The van der Waals surface area contributed by atoms with E-state index in [0.29, 0.717) is 23.8 Å². The third-order valence-electron chi connectivity index (χ3n) is 4.15. The lowest BCUT2D eigenvalue weighted by molar-refractivity contribution is -0.118. The van der Waals surface area contributed by atoms with Crippen molar-refractivity contribution in [3.63, 3.8) is 0 Å². The van der Waals surface area contributed by atoms with Gasteiger partial charge in [0.15, 0.2) is 11.6 Å². The van der Waals surface area contributed by atoms with E-state index < -0.39 is 12.1 Å². The first-order valence-corrected chi connectivity index (χ1v) is 8.35. The molecule has 2 aromatic heterocycles. The molecule has 25 heavy (non-hydrogen) atoms. The number of aromatic nitrogens is 5. The summed E-state index contributed by atoms with van der Waals surface area (Å²) in [5.41, 5.74) is 0.583. The number of unbranched alkanes of at least 4 members (excludes halogenated alkanes) is 2. The predicted molar refractivity (Wildman–Crippen MR) is 86.8 cm³/mol. The van der Waals surface area contributed by atoms with Gasteiger partial charge in [0.05, 0.1) is 5.69 Å². The molecule has 3 rings (SSSR count). The van der Waals surface area contributed by atoms with E-state index in [-0.39, 0.29) is 18.3 Å². The van der Waals surface area contributed by atoms with Gasteiger partial charge in [-0.05, 0) is 13.3 Å². The molecule has 10 nitrogen and oxygen atoms in total. The van der Waals surface area contributed by atoms with Crippen LogP contribution >= 0.6 is 0 Å². The van der Waals surface area contributed by atoms with E-state index in [9.17, 15) is 9.59 Å². The lowest BCUT2D eigenvalue weighted by atomic mass is 10.1. The largest absolute Gasteiger partial charge is 0.340 e. The van der Waals surface area contributed by atoms with Gasteiger partial charge in [0.25, 0.3) is 5.91 Å². The second-order valence-electron chi connectivity index (χ2n) is 6.06. The van der Waals surface area contributed by atoms with E-state index in [0.717, 1.165) is 24.2 Å². The molecule has 3 heterocycles. The first-order chi connectivity index (χ1) is 12.0. The second-order valence-corrected chi connectivity index (χ2v) is 6.06. The zero-order valence-electron chi connectivity index (χ0n) is 14.5. The molecule has 1 unspecified atom stereocenters. The Labute approximate surface area is 144 Å². The van der Waals surface area contributed by atoms with Gasteiger partial charge in [-0.15, -0.1) is 5.10 Å². The van der Waals surface area contributed by atoms with Crippen LogP contribution < -0.4 is 10.2 Å². The van der Waals surface area contributed by atoms with Crippen molar-refractivity contribution in [2.75, 3.05) is 4.90 Å². The highest BCUT2D eigenvalue weighted by molar-refractivity contribution is 6.21. The fourth-order valence-corrected chi connectivity index (χ4v) is 2.77. The third-order valence-corrected chi connectivity index (χ3v) is 4.15. The van der Waals surface area contributed by atoms with Crippen molar-refractivity contribution < 1.29 is 14.1 Å². The number of imide groups is 1. The lowest BCUT2D eigenvalue weighted by Gasteiger charge is -2.10. The number of hydrogen-bond acceptors (Lipinski definition) is 7.